The number of sulfone groups is 1. The summed E-state index contributed by atoms with van der Waals surface area (Å²) in [6.45, 7) is 7.58. The van der Waals surface area contributed by atoms with Crippen molar-refractivity contribution in [3.8, 4) is 0 Å². The summed E-state index contributed by atoms with van der Waals surface area (Å²) in [6, 6.07) is 0. The van der Waals surface area contributed by atoms with Crippen molar-refractivity contribution in [1.82, 2.24) is 0 Å². The summed E-state index contributed by atoms with van der Waals surface area (Å²) < 4.78 is 22.5. The molecule has 0 fully saturated rings. The molecule has 0 bridgehead atoms. The summed E-state index contributed by atoms with van der Waals surface area (Å²) in [5.41, 5.74) is 0. The Bertz CT molecular complexity index is 192. The van der Waals surface area contributed by atoms with Gasteiger partial charge in [0.25, 0.3) is 0 Å². The van der Waals surface area contributed by atoms with Gasteiger partial charge in [-0.05, 0) is 19.3 Å². The van der Waals surface area contributed by atoms with Gasteiger partial charge in [-0.1, -0.05) is 20.8 Å². The SMILES string of the molecule is CCS(=O)(=O)C(C)CC(C)C. The molecule has 0 aliphatic heterocycles. The highest BCUT2D eigenvalue weighted by molar-refractivity contribution is 7.91. The zero-order valence-electron chi connectivity index (χ0n) is 7.79. The van der Waals surface area contributed by atoms with Crippen LogP contribution in [0.1, 0.15) is 34.1 Å². The van der Waals surface area contributed by atoms with Crippen molar-refractivity contribution in [3.05, 3.63) is 0 Å². The van der Waals surface area contributed by atoms with E-state index in [0.29, 0.717) is 5.92 Å². The summed E-state index contributed by atoms with van der Waals surface area (Å²) in [6.07, 6.45) is 0.774. The average Bonchev–Trinajstić information content (AvgIpc) is 1.86. The van der Waals surface area contributed by atoms with E-state index >= 15 is 0 Å². The van der Waals surface area contributed by atoms with Gasteiger partial charge in [0.15, 0.2) is 9.84 Å². The molecule has 0 rings (SSSR count). The van der Waals surface area contributed by atoms with Crippen molar-refractivity contribution in [3.63, 3.8) is 0 Å². The fourth-order valence-corrected chi connectivity index (χ4v) is 2.34. The van der Waals surface area contributed by atoms with Gasteiger partial charge in [-0.2, -0.15) is 0 Å². The highest BCUT2D eigenvalue weighted by atomic mass is 32.2. The normalized spacial score (nSPS) is 15.4. The Morgan fingerprint density at radius 2 is 1.64 bits per heavy atom. The maximum atomic E-state index is 11.2. The van der Waals surface area contributed by atoms with Crippen LogP contribution in [0.2, 0.25) is 0 Å². The van der Waals surface area contributed by atoms with E-state index in [1.165, 1.54) is 0 Å². The van der Waals surface area contributed by atoms with Crippen LogP contribution in [0, 0.1) is 5.92 Å². The number of hydrogen-bond donors (Lipinski definition) is 0. The highest BCUT2D eigenvalue weighted by Gasteiger charge is 2.18. The van der Waals surface area contributed by atoms with Crippen LogP contribution in [0.3, 0.4) is 0 Å². The van der Waals surface area contributed by atoms with Crippen LogP contribution in [-0.2, 0) is 9.84 Å². The second kappa shape index (κ2) is 4.10. The van der Waals surface area contributed by atoms with E-state index in [1.807, 2.05) is 13.8 Å². The van der Waals surface area contributed by atoms with E-state index in [4.69, 9.17) is 0 Å². The molecule has 0 aromatic carbocycles. The fraction of sp³-hybridized carbons (Fsp3) is 1.00. The van der Waals surface area contributed by atoms with Gasteiger partial charge in [-0.25, -0.2) is 8.42 Å². The first-order valence-corrected chi connectivity index (χ1v) is 5.83. The van der Waals surface area contributed by atoms with Gasteiger partial charge in [0.1, 0.15) is 0 Å². The van der Waals surface area contributed by atoms with E-state index in [2.05, 4.69) is 0 Å². The first kappa shape index (κ1) is 11.0. The summed E-state index contributed by atoms with van der Waals surface area (Å²) in [5, 5.41) is -0.174. The molecule has 0 aromatic rings. The van der Waals surface area contributed by atoms with Gasteiger partial charge in [0, 0.05) is 5.75 Å². The van der Waals surface area contributed by atoms with Crippen LogP contribution in [-0.4, -0.2) is 19.4 Å². The molecule has 1 unspecified atom stereocenters. The fourth-order valence-electron chi connectivity index (χ4n) is 1.09. The second-order valence-corrected chi connectivity index (χ2v) is 6.10. The van der Waals surface area contributed by atoms with Crippen molar-refractivity contribution < 1.29 is 8.42 Å². The van der Waals surface area contributed by atoms with E-state index in [9.17, 15) is 8.42 Å². The molecule has 1 atom stereocenters. The van der Waals surface area contributed by atoms with Crippen LogP contribution < -0.4 is 0 Å². The maximum absolute atomic E-state index is 11.2. The molecule has 11 heavy (non-hydrogen) atoms. The van der Waals surface area contributed by atoms with Crippen LogP contribution in [0.25, 0.3) is 0 Å². The minimum Gasteiger partial charge on any atom is -0.229 e. The largest absolute Gasteiger partial charge is 0.229 e. The van der Waals surface area contributed by atoms with Crippen molar-refractivity contribution in [2.45, 2.75) is 39.4 Å². The average molecular weight is 178 g/mol. The van der Waals surface area contributed by atoms with Gasteiger partial charge in [0.2, 0.25) is 0 Å². The van der Waals surface area contributed by atoms with Crippen LogP contribution in [0.4, 0.5) is 0 Å². The lowest BCUT2D eigenvalue weighted by molar-refractivity contribution is 0.538. The molecular weight excluding hydrogens is 160 g/mol. The summed E-state index contributed by atoms with van der Waals surface area (Å²) in [5.74, 6) is 0.729. The lowest BCUT2D eigenvalue weighted by Crippen LogP contribution is -2.21. The third kappa shape index (κ3) is 3.75. The van der Waals surface area contributed by atoms with E-state index < -0.39 is 9.84 Å². The van der Waals surface area contributed by atoms with Crippen LogP contribution in [0.5, 0.6) is 0 Å². The Balaban J connectivity index is 4.14. The molecule has 0 saturated carbocycles. The van der Waals surface area contributed by atoms with Crippen molar-refractivity contribution in [2.24, 2.45) is 5.92 Å². The highest BCUT2D eigenvalue weighted by Crippen LogP contribution is 2.12. The lowest BCUT2D eigenvalue weighted by atomic mass is 10.1. The third-order valence-electron chi connectivity index (χ3n) is 1.82. The van der Waals surface area contributed by atoms with Gasteiger partial charge >= 0.3 is 0 Å². The maximum Gasteiger partial charge on any atom is 0.152 e. The van der Waals surface area contributed by atoms with Gasteiger partial charge in [-0.3, -0.25) is 0 Å². The monoisotopic (exact) mass is 178 g/mol. The topological polar surface area (TPSA) is 34.1 Å². The molecule has 0 heterocycles. The zero-order valence-corrected chi connectivity index (χ0v) is 8.61. The summed E-state index contributed by atoms with van der Waals surface area (Å²) in [4.78, 5) is 0. The Kier molecular flexibility index (Phi) is 4.08. The molecule has 0 N–H and O–H groups in total. The molecule has 68 valence electrons. The molecule has 0 radical (unpaired) electrons. The Labute approximate surface area is 69.9 Å². The smallest absolute Gasteiger partial charge is 0.152 e. The van der Waals surface area contributed by atoms with Gasteiger partial charge in [0.05, 0.1) is 5.25 Å². The third-order valence-corrected chi connectivity index (χ3v) is 4.04. The van der Waals surface area contributed by atoms with Crippen LogP contribution in [0.15, 0.2) is 0 Å². The Morgan fingerprint density at radius 3 is 1.91 bits per heavy atom. The number of rotatable bonds is 4. The summed E-state index contributed by atoms with van der Waals surface area (Å²) >= 11 is 0. The Morgan fingerprint density at radius 1 is 1.18 bits per heavy atom. The second-order valence-electron chi connectivity index (χ2n) is 3.39. The molecule has 0 saturated heterocycles. The number of hydrogen-bond acceptors (Lipinski definition) is 2. The molecule has 0 spiro atoms. The van der Waals surface area contributed by atoms with Gasteiger partial charge in [-0.15, -0.1) is 0 Å². The zero-order chi connectivity index (χ0) is 9.07. The first-order chi connectivity index (χ1) is 4.90. The molecule has 3 heteroatoms. The Hall–Kier alpha value is -0.0500. The predicted molar refractivity (Wildman–Crippen MR) is 48.4 cm³/mol. The molecule has 0 amide bonds. The van der Waals surface area contributed by atoms with E-state index in [1.54, 1.807) is 13.8 Å². The van der Waals surface area contributed by atoms with Crippen molar-refractivity contribution >= 4 is 9.84 Å². The first-order valence-electron chi connectivity index (χ1n) is 4.11. The van der Waals surface area contributed by atoms with Crippen LogP contribution >= 0.6 is 0 Å². The molecular formula is C8H18O2S. The summed E-state index contributed by atoms with van der Waals surface area (Å²) in [7, 11) is -2.79. The standard InChI is InChI=1S/C8H18O2S/c1-5-11(9,10)8(4)6-7(2)3/h7-8H,5-6H2,1-4H3. The lowest BCUT2D eigenvalue weighted by Gasteiger charge is -2.12. The van der Waals surface area contributed by atoms with E-state index in [0.717, 1.165) is 6.42 Å². The molecule has 0 aromatic heterocycles. The molecule has 0 aliphatic carbocycles. The van der Waals surface area contributed by atoms with Crippen molar-refractivity contribution in [1.29, 1.82) is 0 Å². The van der Waals surface area contributed by atoms with E-state index in [-0.39, 0.29) is 11.0 Å². The molecule has 0 aliphatic rings. The van der Waals surface area contributed by atoms with Crippen molar-refractivity contribution in [2.75, 3.05) is 5.75 Å². The molecule has 2 nitrogen and oxygen atoms in total. The minimum absolute atomic E-state index is 0.174. The minimum atomic E-state index is -2.79. The van der Waals surface area contributed by atoms with Gasteiger partial charge < -0.3 is 0 Å². The predicted octanol–water partition coefficient (Wildman–Crippen LogP) is 1.86. The quantitative estimate of drug-likeness (QED) is 0.658.